The maximum atomic E-state index is 4.39. The second-order valence-electron chi connectivity index (χ2n) is 3.33. The largest absolute Gasteiger partial charge is 0.312 e. The van der Waals surface area contributed by atoms with Gasteiger partial charge in [0, 0.05) is 12.1 Å². The molecule has 4 heteroatoms. The van der Waals surface area contributed by atoms with Crippen LogP contribution < -0.4 is 5.32 Å². The molecule has 0 saturated heterocycles. The van der Waals surface area contributed by atoms with Crippen molar-refractivity contribution in [3.8, 4) is 0 Å². The Kier molecular flexibility index (Phi) is 2.42. The summed E-state index contributed by atoms with van der Waals surface area (Å²) in [5.74, 6) is 0.880. The minimum atomic E-state index is 0.880. The van der Waals surface area contributed by atoms with Crippen molar-refractivity contribution in [2.75, 3.05) is 13.1 Å². The summed E-state index contributed by atoms with van der Waals surface area (Å²) in [5.41, 5.74) is 2.80. The van der Waals surface area contributed by atoms with Gasteiger partial charge in [0.2, 0.25) is 0 Å². The molecule has 0 aromatic carbocycles. The van der Waals surface area contributed by atoms with Gasteiger partial charge in [0.15, 0.2) is 0 Å². The molecule has 0 spiro atoms. The monoisotopic (exact) mass is 195 g/mol. The van der Waals surface area contributed by atoms with Gasteiger partial charge in [-0.2, -0.15) is 4.37 Å². The van der Waals surface area contributed by atoms with E-state index in [4.69, 9.17) is 0 Å². The van der Waals surface area contributed by atoms with E-state index in [-0.39, 0.29) is 0 Å². The van der Waals surface area contributed by atoms with Crippen LogP contribution in [0.5, 0.6) is 0 Å². The molecule has 1 aliphatic heterocycles. The second kappa shape index (κ2) is 3.55. The van der Waals surface area contributed by atoms with Gasteiger partial charge in [-0.3, -0.25) is 0 Å². The van der Waals surface area contributed by atoms with Gasteiger partial charge in [-0.15, -0.1) is 0 Å². The van der Waals surface area contributed by atoms with E-state index < -0.39 is 0 Å². The number of aromatic nitrogens is 2. The smallest absolute Gasteiger partial charge is 0.141 e. The highest BCUT2D eigenvalue weighted by atomic mass is 32.1. The Morgan fingerprint density at radius 2 is 2.23 bits per heavy atom. The lowest BCUT2D eigenvalue weighted by Gasteiger charge is -2.16. The molecule has 13 heavy (non-hydrogen) atoms. The van der Waals surface area contributed by atoms with Gasteiger partial charge in [0.05, 0.1) is 0 Å². The topological polar surface area (TPSA) is 37.8 Å². The Hall–Kier alpha value is -0.740. The fraction of sp³-hybridized carbons (Fsp3) is 0.556. The molecule has 1 aliphatic rings. The van der Waals surface area contributed by atoms with Crippen LogP contribution in [-0.2, 0) is 0 Å². The van der Waals surface area contributed by atoms with Crippen LogP contribution in [0.3, 0.4) is 0 Å². The summed E-state index contributed by atoms with van der Waals surface area (Å²) in [6.07, 6.45) is 1.13. The second-order valence-corrected chi connectivity index (χ2v) is 4.08. The first-order chi connectivity index (χ1) is 6.27. The molecule has 2 rings (SSSR count). The van der Waals surface area contributed by atoms with Crippen LogP contribution >= 0.6 is 11.5 Å². The van der Waals surface area contributed by atoms with Gasteiger partial charge in [0.25, 0.3) is 0 Å². The van der Waals surface area contributed by atoms with Crippen LogP contribution in [0, 0.1) is 6.92 Å². The van der Waals surface area contributed by atoms with E-state index in [1.165, 1.54) is 22.7 Å². The fourth-order valence-corrected chi connectivity index (χ4v) is 2.26. The van der Waals surface area contributed by atoms with Crippen LogP contribution in [0.4, 0.5) is 0 Å². The van der Waals surface area contributed by atoms with E-state index in [0.717, 1.165) is 30.3 Å². The van der Waals surface area contributed by atoms with Crippen molar-refractivity contribution in [3.05, 3.63) is 16.4 Å². The molecule has 0 amide bonds. The zero-order chi connectivity index (χ0) is 9.26. The number of nitrogens with one attached hydrogen (secondary N) is 1. The van der Waals surface area contributed by atoms with Gasteiger partial charge in [-0.05, 0) is 38.3 Å². The average Bonchev–Trinajstić information content (AvgIpc) is 2.53. The van der Waals surface area contributed by atoms with E-state index >= 15 is 0 Å². The van der Waals surface area contributed by atoms with Crippen LogP contribution in [0.25, 0.3) is 5.57 Å². The van der Waals surface area contributed by atoms with Crippen LogP contribution in [0.2, 0.25) is 0 Å². The van der Waals surface area contributed by atoms with Crippen molar-refractivity contribution < 1.29 is 0 Å². The molecule has 0 atom stereocenters. The lowest BCUT2D eigenvalue weighted by atomic mass is 10.0. The zero-order valence-corrected chi connectivity index (χ0v) is 8.74. The van der Waals surface area contributed by atoms with Gasteiger partial charge in [0.1, 0.15) is 10.8 Å². The summed E-state index contributed by atoms with van der Waals surface area (Å²) in [6.45, 7) is 6.16. The van der Waals surface area contributed by atoms with Crippen LogP contribution in [0.1, 0.15) is 24.2 Å². The number of nitrogens with zero attached hydrogens (tertiary/aromatic N) is 2. The molecule has 0 saturated carbocycles. The first-order valence-electron chi connectivity index (χ1n) is 4.47. The summed E-state index contributed by atoms with van der Waals surface area (Å²) < 4.78 is 4.19. The highest BCUT2D eigenvalue weighted by Gasteiger charge is 2.13. The first-order valence-corrected chi connectivity index (χ1v) is 5.25. The third-order valence-corrected chi connectivity index (χ3v) is 3.15. The summed E-state index contributed by atoms with van der Waals surface area (Å²) >= 11 is 1.50. The maximum Gasteiger partial charge on any atom is 0.141 e. The Labute approximate surface area is 82.1 Å². The van der Waals surface area contributed by atoms with Crippen molar-refractivity contribution in [2.24, 2.45) is 0 Å². The lowest BCUT2D eigenvalue weighted by molar-refractivity contribution is 0.714. The molecule has 2 heterocycles. The van der Waals surface area contributed by atoms with Gasteiger partial charge < -0.3 is 5.32 Å². The van der Waals surface area contributed by atoms with Crippen molar-refractivity contribution in [2.45, 2.75) is 20.3 Å². The highest BCUT2D eigenvalue weighted by Crippen LogP contribution is 2.23. The van der Waals surface area contributed by atoms with Crippen molar-refractivity contribution in [3.63, 3.8) is 0 Å². The van der Waals surface area contributed by atoms with Crippen molar-refractivity contribution in [1.29, 1.82) is 0 Å². The van der Waals surface area contributed by atoms with Gasteiger partial charge in [-0.25, -0.2) is 4.98 Å². The van der Waals surface area contributed by atoms with E-state index in [0.29, 0.717) is 0 Å². The fourth-order valence-electron chi connectivity index (χ4n) is 1.47. The normalized spacial score (nSPS) is 18.0. The lowest BCUT2D eigenvalue weighted by Crippen LogP contribution is -2.23. The number of aryl methyl sites for hydroxylation is 1. The first kappa shape index (κ1) is 8.84. The third kappa shape index (κ3) is 1.78. The third-order valence-electron chi connectivity index (χ3n) is 2.28. The maximum absolute atomic E-state index is 4.39. The molecule has 0 bridgehead atoms. The van der Waals surface area contributed by atoms with E-state index in [1.807, 2.05) is 6.92 Å². The van der Waals surface area contributed by atoms with Gasteiger partial charge in [-0.1, -0.05) is 5.57 Å². The molecule has 0 fully saturated rings. The van der Waals surface area contributed by atoms with Crippen molar-refractivity contribution >= 4 is 17.1 Å². The predicted octanol–water partition coefficient (Wildman–Crippen LogP) is 1.61. The molecule has 1 aromatic heterocycles. The molecule has 1 aromatic rings. The van der Waals surface area contributed by atoms with Gasteiger partial charge >= 0.3 is 0 Å². The zero-order valence-electron chi connectivity index (χ0n) is 7.92. The number of hydrogen-bond donors (Lipinski definition) is 1. The highest BCUT2D eigenvalue weighted by molar-refractivity contribution is 7.06. The summed E-state index contributed by atoms with van der Waals surface area (Å²) in [7, 11) is 0. The van der Waals surface area contributed by atoms with Crippen molar-refractivity contribution in [1.82, 2.24) is 14.7 Å². The van der Waals surface area contributed by atoms with Crippen LogP contribution in [-0.4, -0.2) is 22.4 Å². The molecular weight excluding hydrogens is 182 g/mol. The molecule has 70 valence electrons. The summed E-state index contributed by atoms with van der Waals surface area (Å²) in [6, 6.07) is 0. The minimum Gasteiger partial charge on any atom is -0.312 e. The quantitative estimate of drug-likeness (QED) is 0.740. The Morgan fingerprint density at radius 3 is 2.85 bits per heavy atom. The molecular formula is C9H13N3S. The molecule has 0 unspecified atom stereocenters. The van der Waals surface area contributed by atoms with E-state index in [2.05, 4.69) is 21.6 Å². The van der Waals surface area contributed by atoms with Crippen LogP contribution in [0.15, 0.2) is 5.57 Å². The molecule has 0 aliphatic carbocycles. The summed E-state index contributed by atoms with van der Waals surface area (Å²) in [5, 5.41) is 4.44. The Bertz CT molecular complexity index is 340. The standard InChI is InChI=1S/C9H13N3S/c1-6-3-4-10-5-8(6)9-11-7(2)12-13-9/h10H,3-5H2,1-2H3. The predicted molar refractivity (Wildman–Crippen MR) is 54.7 cm³/mol. The van der Waals surface area contributed by atoms with E-state index in [1.54, 1.807) is 0 Å². The number of hydrogen-bond acceptors (Lipinski definition) is 4. The Morgan fingerprint density at radius 1 is 1.38 bits per heavy atom. The molecule has 0 radical (unpaired) electrons. The number of rotatable bonds is 1. The van der Waals surface area contributed by atoms with E-state index in [9.17, 15) is 0 Å². The minimum absolute atomic E-state index is 0.880. The SMILES string of the molecule is CC1=C(c2nc(C)ns2)CNCC1. The Balaban J connectivity index is 2.34. The molecule has 3 nitrogen and oxygen atoms in total. The summed E-state index contributed by atoms with van der Waals surface area (Å²) in [4.78, 5) is 4.39. The average molecular weight is 195 g/mol. The molecule has 1 N–H and O–H groups in total.